The molecule has 0 aliphatic carbocycles. The van der Waals surface area contributed by atoms with Crippen molar-refractivity contribution < 1.29 is 22.6 Å². The maximum absolute atomic E-state index is 12.7. The molecule has 0 bridgehead atoms. The van der Waals surface area contributed by atoms with Gasteiger partial charge in [-0.3, -0.25) is 0 Å². The summed E-state index contributed by atoms with van der Waals surface area (Å²) in [5, 5.41) is 2.89. The van der Waals surface area contributed by atoms with Crippen LogP contribution in [0, 0.1) is 6.92 Å². The zero-order chi connectivity index (χ0) is 17.7. The molecule has 1 aromatic heterocycles. The van der Waals surface area contributed by atoms with Gasteiger partial charge in [-0.1, -0.05) is 6.07 Å². The van der Waals surface area contributed by atoms with Gasteiger partial charge >= 0.3 is 6.18 Å². The lowest BCUT2D eigenvalue weighted by molar-refractivity contribution is -0.141. The van der Waals surface area contributed by atoms with Crippen LogP contribution in [0.5, 0.6) is 11.5 Å². The van der Waals surface area contributed by atoms with E-state index >= 15 is 0 Å². The number of alkyl halides is 3. The van der Waals surface area contributed by atoms with Crippen molar-refractivity contribution in [3.63, 3.8) is 0 Å². The van der Waals surface area contributed by atoms with Crippen LogP contribution in [0.3, 0.4) is 0 Å². The standard InChI is InChI=1S/C16H18F3N3O2/c1-10-21-14(16(17,18)19)9-15(22-10)20-7-6-11-4-5-12(23-2)13(8-11)24-3/h4-5,8-9H,6-7H2,1-3H3,(H,20,21,22). The van der Waals surface area contributed by atoms with Crippen molar-refractivity contribution >= 4 is 5.82 Å². The van der Waals surface area contributed by atoms with Crippen LogP contribution in [0.25, 0.3) is 0 Å². The molecule has 1 N–H and O–H groups in total. The molecule has 1 aromatic carbocycles. The van der Waals surface area contributed by atoms with Gasteiger partial charge < -0.3 is 14.8 Å². The molecular formula is C16H18F3N3O2. The molecule has 2 rings (SSSR count). The fourth-order valence-electron chi connectivity index (χ4n) is 2.17. The zero-order valence-electron chi connectivity index (χ0n) is 13.6. The van der Waals surface area contributed by atoms with E-state index in [0.29, 0.717) is 24.5 Å². The maximum atomic E-state index is 12.7. The first-order chi connectivity index (χ1) is 11.3. The quantitative estimate of drug-likeness (QED) is 0.872. The fraction of sp³-hybridized carbons (Fsp3) is 0.375. The highest BCUT2D eigenvalue weighted by atomic mass is 19.4. The average molecular weight is 341 g/mol. The number of anilines is 1. The monoisotopic (exact) mass is 341 g/mol. The molecule has 0 saturated heterocycles. The first kappa shape index (κ1) is 17.8. The Morgan fingerprint density at radius 3 is 2.38 bits per heavy atom. The Bertz CT molecular complexity index is 705. The van der Waals surface area contributed by atoms with E-state index in [9.17, 15) is 13.2 Å². The van der Waals surface area contributed by atoms with E-state index in [1.165, 1.54) is 6.92 Å². The van der Waals surface area contributed by atoms with Crippen molar-refractivity contribution in [3.05, 3.63) is 41.3 Å². The van der Waals surface area contributed by atoms with E-state index in [1.807, 2.05) is 12.1 Å². The van der Waals surface area contributed by atoms with Gasteiger partial charge in [-0.15, -0.1) is 0 Å². The first-order valence-electron chi connectivity index (χ1n) is 7.21. The normalized spacial score (nSPS) is 11.2. The average Bonchev–Trinajstić information content (AvgIpc) is 2.53. The smallest absolute Gasteiger partial charge is 0.433 e. The Morgan fingerprint density at radius 2 is 1.75 bits per heavy atom. The number of hydrogen-bond donors (Lipinski definition) is 1. The van der Waals surface area contributed by atoms with Gasteiger partial charge in [-0.05, 0) is 31.0 Å². The highest BCUT2D eigenvalue weighted by Gasteiger charge is 2.33. The SMILES string of the molecule is COc1ccc(CCNc2cc(C(F)(F)F)nc(C)n2)cc1OC. The van der Waals surface area contributed by atoms with Crippen LogP contribution in [-0.2, 0) is 12.6 Å². The number of benzene rings is 1. The minimum Gasteiger partial charge on any atom is -0.493 e. The summed E-state index contributed by atoms with van der Waals surface area (Å²) >= 11 is 0. The van der Waals surface area contributed by atoms with Crippen LogP contribution in [0.15, 0.2) is 24.3 Å². The van der Waals surface area contributed by atoms with Crippen molar-refractivity contribution in [2.24, 2.45) is 0 Å². The van der Waals surface area contributed by atoms with E-state index in [2.05, 4.69) is 15.3 Å². The molecule has 0 atom stereocenters. The third-order valence-corrected chi connectivity index (χ3v) is 3.30. The minimum absolute atomic E-state index is 0.0680. The van der Waals surface area contributed by atoms with Gasteiger partial charge in [0.2, 0.25) is 0 Å². The Hall–Kier alpha value is -2.51. The third-order valence-electron chi connectivity index (χ3n) is 3.30. The van der Waals surface area contributed by atoms with Gasteiger partial charge in [0.25, 0.3) is 0 Å². The Balaban J connectivity index is 2.03. The van der Waals surface area contributed by atoms with Gasteiger partial charge in [0.15, 0.2) is 11.5 Å². The molecule has 0 unspecified atom stereocenters. The van der Waals surface area contributed by atoms with Gasteiger partial charge in [-0.2, -0.15) is 13.2 Å². The number of nitrogens with one attached hydrogen (secondary N) is 1. The van der Waals surface area contributed by atoms with Crippen LogP contribution in [0.1, 0.15) is 17.1 Å². The number of halogens is 3. The highest BCUT2D eigenvalue weighted by molar-refractivity contribution is 5.43. The van der Waals surface area contributed by atoms with Crippen LogP contribution >= 0.6 is 0 Å². The van der Waals surface area contributed by atoms with Gasteiger partial charge in [0.05, 0.1) is 14.2 Å². The highest BCUT2D eigenvalue weighted by Crippen LogP contribution is 2.29. The Kier molecular flexibility index (Phi) is 5.48. The number of methoxy groups -OCH3 is 2. The number of aryl methyl sites for hydroxylation is 1. The zero-order valence-corrected chi connectivity index (χ0v) is 13.6. The molecular weight excluding hydrogens is 323 g/mol. The van der Waals surface area contributed by atoms with Crippen molar-refractivity contribution in [3.8, 4) is 11.5 Å². The van der Waals surface area contributed by atoms with Crippen molar-refractivity contribution in [1.29, 1.82) is 0 Å². The van der Waals surface area contributed by atoms with E-state index < -0.39 is 11.9 Å². The molecule has 5 nitrogen and oxygen atoms in total. The van der Waals surface area contributed by atoms with E-state index in [-0.39, 0.29) is 11.6 Å². The molecule has 130 valence electrons. The molecule has 1 heterocycles. The first-order valence-corrected chi connectivity index (χ1v) is 7.21. The molecule has 0 fully saturated rings. The molecule has 0 aliphatic heterocycles. The lowest BCUT2D eigenvalue weighted by Crippen LogP contribution is -2.13. The topological polar surface area (TPSA) is 56.3 Å². The molecule has 0 amide bonds. The van der Waals surface area contributed by atoms with E-state index in [4.69, 9.17) is 9.47 Å². The molecule has 8 heteroatoms. The van der Waals surface area contributed by atoms with Crippen molar-refractivity contribution in [2.75, 3.05) is 26.1 Å². The van der Waals surface area contributed by atoms with E-state index in [0.717, 1.165) is 11.6 Å². The molecule has 0 aliphatic rings. The van der Waals surface area contributed by atoms with Crippen molar-refractivity contribution in [2.45, 2.75) is 19.5 Å². The van der Waals surface area contributed by atoms with Crippen LogP contribution < -0.4 is 14.8 Å². The summed E-state index contributed by atoms with van der Waals surface area (Å²) in [7, 11) is 3.09. The number of rotatable bonds is 6. The maximum Gasteiger partial charge on any atom is 0.433 e. The lowest BCUT2D eigenvalue weighted by atomic mass is 10.1. The second-order valence-corrected chi connectivity index (χ2v) is 5.05. The van der Waals surface area contributed by atoms with Gasteiger partial charge in [-0.25, -0.2) is 9.97 Å². The molecule has 0 spiro atoms. The third kappa shape index (κ3) is 4.50. The van der Waals surface area contributed by atoms with Crippen molar-refractivity contribution in [1.82, 2.24) is 9.97 Å². The molecule has 2 aromatic rings. The van der Waals surface area contributed by atoms with Gasteiger partial charge in [0, 0.05) is 12.6 Å². The second-order valence-electron chi connectivity index (χ2n) is 5.05. The van der Waals surface area contributed by atoms with Crippen LogP contribution in [0.4, 0.5) is 19.0 Å². The number of nitrogens with zero attached hydrogens (tertiary/aromatic N) is 2. The molecule has 0 saturated carbocycles. The lowest BCUT2D eigenvalue weighted by Gasteiger charge is -2.12. The fourth-order valence-corrected chi connectivity index (χ4v) is 2.17. The molecule has 24 heavy (non-hydrogen) atoms. The predicted molar refractivity (Wildman–Crippen MR) is 83.5 cm³/mol. The largest absolute Gasteiger partial charge is 0.493 e. The summed E-state index contributed by atoms with van der Waals surface area (Å²) in [5.74, 6) is 1.44. The van der Waals surface area contributed by atoms with Crippen LogP contribution in [-0.4, -0.2) is 30.7 Å². The molecule has 0 radical (unpaired) electrons. The summed E-state index contributed by atoms with van der Waals surface area (Å²) in [6.45, 7) is 1.85. The number of ether oxygens (including phenoxy) is 2. The Labute approximate surface area is 137 Å². The summed E-state index contributed by atoms with van der Waals surface area (Å²) in [4.78, 5) is 7.38. The second kappa shape index (κ2) is 7.37. The van der Waals surface area contributed by atoms with Gasteiger partial charge in [0.1, 0.15) is 17.3 Å². The number of hydrogen-bond acceptors (Lipinski definition) is 5. The number of aromatic nitrogens is 2. The summed E-state index contributed by atoms with van der Waals surface area (Å²) < 4.78 is 48.6. The summed E-state index contributed by atoms with van der Waals surface area (Å²) in [5.41, 5.74) is 0.00518. The van der Waals surface area contributed by atoms with E-state index in [1.54, 1.807) is 20.3 Å². The minimum atomic E-state index is -4.49. The summed E-state index contributed by atoms with van der Waals surface area (Å²) in [6.07, 6.45) is -3.90. The Morgan fingerprint density at radius 1 is 1.04 bits per heavy atom. The van der Waals surface area contributed by atoms with Crippen LogP contribution in [0.2, 0.25) is 0 Å². The summed E-state index contributed by atoms with van der Waals surface area (Å²) in [6, 6.07) is 6.38. The predicted octanol–water partition coefficient (Wildman–Crippen LogP) is 3.48.